The van der Waals surface area contributed by atoms with Gasteiger partial charge < -0.3 is 9.84 Å². The second kappa shape index (κ2) is 12.8. The molecular formula is C30H25ClFN3O4S2. The summed E-state index contributed by atoms with van der Waals surface area (Å²) in [6, 6.07) is 18.5. The normalized spacial score (nSPS) is 16.4. The number of aromatic nitrogens is 2. The minimum atomic E-state index is -1.24. The molecule has 11 heteroatoms. The average molecular weight is 610 g/mol. The van der Waals surface area contributed by atoms with Gasteiger partial charge in [0.05, 0.1) is 12.2 Å². The van der Waals surface area contributed by atoms with Crippen molar-refractivity contribution in [1.29, 1.82) is 0 Å². The Labute approximate surface area is 249 Å². The van der Waals surface area contributed by atoms with Crippen molar-refractivity contribution in [2.24, 2.45) is 0 Å². The Morgan fingerprint density at radius 3 is 2.54 bits per heavy atom. The lowest BCUT2D eigenvalue weighted by Gasteiger charge is -2.22. The Morgan fingerprint density at radius 2 is 1.80 bits per heavy atom. The first-order valence-electron chi connectivity index (χ1n) is 12.9. The van der Waals surface area contributed by atoms with E-state index in [2.05, 4.69) is 17.1 Å². The second-order valence-electron chi connectivity index (χ2n) is 9.15. The quantitative estimate of drug-likeness (QED) is 0.0499. The SMILES string of the molecule is CCCCOc1ccc(C(O)=C2C(=O)C(=O)N(c3nnc(SCc4ccccc4Cl)s3)[C@H]2c2ccccc2F)cc1. The van der Waals surface area contributed by atoms with Crippen LogP contribution >= 0.6 is 34.7 Å². The Kier molecular flexibility index (Phi) is 9.02. The molecule has 1 N–H and O–H groups in total. The lowest BCUT2D eigenvalue weighted by atomic mass is 9.95. The summed E-state index contributed by atoms with van der Waals surface area (Å²) in [7, 11) is 0. The molecule has 1 atom stereocenters. The molecule has 1 fully saturated rings. The number of rotatable bonds is 10. The van der Waals surface area contributed by atoms with E-state index < -0.39 is 29.3 Å². The highest BCUT2D eigenvalue weighted by molar-refractivity contribution is 8.00. The highest BCUT2D eigenvalue weighted by Crippen LogP contribution is 2.44. The summed E-state index contributed by atoms with van der Waals surface area (Å²) in [5.41, 5.74) is 1.01. The summed E-state index contributed by atoms with van der Waals surface area (Å²) in [4.78, 5) is 27.9. The molecule has 0 radical (unpaired) electrons. The molecule has 2 heterocycles. The topological polar surface area (TPSA) is 92.6 Å². The van der Waals surface area contributed by atoms with Crippen LogP contribution in [0.25, 0.3) is 5.76 Å². The molecule has 0 bridgehead atoms. The fraction of sp³-hybridized carbons (Fsp3) is 0.200. The largest absolute Gasteiger partial charge is 0.507 e. The number of Topliss-reactive ketones (excluding diaryl/α,β-unsaturated/α-hetero) is 1. The Morgan fingerprint density at radius 1 is 1.07 bits per heavy atom. The first kappa shape index (κ1) is 28.8. The average Bonchev–Trinajstić information content (AvgIpc) is 3.55. The van der Waals surface area contributed by atoms with Gasteiger partial charge in [0.15, 0.2) is 4.34 Å². The lowest BCUT2D eigenvalue weighted by molar-refractivity contribution is -0.132. The van der Waals surface area contributed by atoms with E-state index in [1.165, 1.54) is 30.0 Å². The molecule has 0 aliphatic carbocycles. The maximum absolute atomic E-state index is 15.2. The number of aliphatic hydroxyl groups excluding tert-OH is 1. The van der Waals surface area contributed by atoms with Gasteiger partial charge in [-0.05, 0) is 48.4 Å². The van der Waals surface area contributed by atoms with Crippen LogP contribution in [0.2, 0.25) is 5.02 Å². The van der Waals surface area contributed by atoms with Gasteiger partial charge in [-0.3, -0.25) is 14.5 Å². The summed E-state index contributed by atoms with van der Waals surface area (Å²) in [5.74, 6) is -1.80. The van der Waals surface area contributed by atoms with Crippen molar-refractivity contribution < 1.29 is 23.8 Å². The van der Waals surface area contributed by atoms with E-state index >= 15 is 4.39 Å². The number of carbonyl (C=O) groups excluding carboxylic acids is 2. The van der Waals surface area contributed by atoms with Crippen LogP contribution in [-0.2, 0) is 15.3 Å². The molecule has 4 aromatic rings. The maximum atomic E-state index is 15.2. The monoisotopic (exact) mass is 609 g/mol. The molecule has 5 rings (SSSR count). The number of benzene rings is 3. The molecule has 210 valence electrons. The van der Waals surface area contributed by atoms with E-state index in [4.69, 9.17) is 16.3 Å². The third-order valence-electron chi connectivity index (χ3n) is 6.45. The van der Waals surface area contributed by atoms with Crippen molar-refractivity contribution in [3.8, 4) is 5.75 Å². The van der Waals surface area contributed by atoms with E-state index in [1.54, 1.807) is 36.4 Å². The number of ether oxygens (including phenoxy) is 1. The smallest absolute Gasteiger partial charge is 0.301 e. The van der Waals surface area contributed by atoms with Crippen LogP contribution in [0.4, 0.5) is 9.52 Å². The van der Waals surface area contributed by atoms with Gasteiger partial charge in [0.25, 0.3) is 5.78 Å². The van der Waals surface area contributed by atoms with Crippen molar-refractivity contribution in [1.82, 2.24) is 10.2 Å². The lowest BCUT2D eigenvalue weighted by Crippen LogP contribution is -2.29. The van der Waals surface area contributed by atoms with Gasteiger partial charge in [-0.25, -0.2) is 4.39 Å². The molecule has 1 saturated heterocycles. The van der Waals surface area contributed by atoms with Gasteiger partial charge in [-0.1, -0.05) is 84.4 Å². The number of ketones is 1. The van der Waals surface area contributed by atoms with Crippen molar-refractivity contribution >= 4 is 57.3 Å². The molecule has 1 aliphatic rings. The summed E-state index contributed by atoms with van der Waals surface area (Å²) in [6.45, 7) is 2.62. The number of nitrogens with zero attached hydrogens (tertiary/aromatic N) is 3. The molecule has 41 heavy (non-hydrogen) atoms. The van der Waals surface area contributed by atoms with Crippen LogP contribution in [-0.4, -0.2) is 33.6 Å². The maximum Gasteiger partial charge on any atom is 0.301 e. The van der Waals surface area contributed by atoms with Crippen LogP contribution in [0.15, 0.2) is 82.7 Å². The minimum Gasteiger partial charge on any atom is -0.507 e. The van der Waals surface area contributed by atoms with Gasteiger partial charge >= 0.3 is 5.91 Å². The highest BCUT2D eigenvalue weighted by atomic mass is 35.5. The number of amides is 1. The van der Waals surface area contributed by atoms with Crippen molar-refractivity contribution in [2.45, 2.75) is 35.9 Å². The van der Waals surface area contributed by atoms with Gasteiger partial charge in [0, 0.05) is 21.9 Å². The molecule has 7 nitrogen and oxygen atoms in total. The predicted molar refractivity (Wildman–Crippen MR) is 159 cm³/mol. The second-order valence-corrected chi connectivity index (χ2v) is 11.7. The van der Waals surface area contributed by atoms with Crippen molar-refractivity contribution in [2.75, 3.05) is 11.5 Å². The zero-order valence-corrected chi connectivity index (χ0v) is 24.3. The number of aliphatic hydroxyl groups is 1. The molecule has 0 unspecified atom stereocenters. The number of thioether (sulfide) groups is 1. The van der Waals surface area contributed by atoms with Crippen LogP contribution in [0.1, 0.15) is 42.5 Å². The zero-order chi connectivity index (χ0) is 28.9. The Bertz CT molecular complexity index is 1610. The summed E-state index contributed by atoms with van der Waals surface area (Å²) in [6.07, 6.45) is 1.89. The van der Waals surface area contributed by atoms with E-state index in [0.717, 1.165) is 34.6 Å². The summed E-state index contributed by atoms with van der Waals surface area (Å²) in [5, 5.41) is 20.4. The van der Waals surface area contributed by atoms with Crippen LogP contribution < -0.4 is 9.64 Å². The predicted octanol–water partition coefficient (Wildman–Crippen LogP) is 7.43. The van der Waals surface area contributed by atoms with Gasteiger partial charge in [0.1, 0.15) is 23.4 Å². The number of hydrogen-bond donors (Lipinski definition) is 1. The van der Waals surface area contributed by atoms with Gasteiger partial charge in [-0.15, -0.1) is 10.2 Å². The van der Waals surface area contributed by atoms with Crippen molar-refractivity contribution in [3.63, 3.8) is 0 Å². The third kappa shape index (κ3) is 6.14. The van der Waals surface area contributed by atoms with E-state index in [0.29, 0.717) is 33.0 Å². The highest BCUT2D eigenvalue weighted by Gasteiger charge is 2.49. The van der Waals surface area contributed by atoms with Crippen molar-refractivity contribution in [3.05, 3.63) is 106 Å². The molecule has 1 aliphatic heterocycles. The molecular weight excluding hydrogens is 585 g/mol. The molecule has 3 aromatic carbocycles. The summed E-state index contributed by atoms with van der Waals surface area (Å²) >= 11 is 8.73. The van der Waals surface area contributed by atoms with Gasteiger partial charge in [-0.2, -0.15) is 0 Å². The Hall–Kier alpha value is -3.73. The van der Waals surface area contributed by atoms with Crippen LogP contribution in [0.3, 0.4) is 0 Å². The number of halogens is 2. The van der Waals surface area contributed by atoms with E-state index in [9.17, 15) is 14.7 Å². The number of anilines is 1. The minimum absolute atomic E-state index is 0.0493. The van der Waals surface area contributed by atoms with Crippen LogP contribution in [0.5, 0.6) is 5.75 Å². The van der Waals surface area contributed by atoms with E-state index in [-0.39, 0.29) is 16.3 Å². The number of carbonyl (C=O) groups is 2. The Balaban J connectivity index is 1.50. The van der Waals surface area contributed by atoms with E-state index in [1.807, 2.05) is 18.2 Å². The first-order valence-corrected chi connectivity index (χ1v) is 15.1. The molecule has 1 amide bonds. The van der Waals surface area contributed by atoms with Gasteiger partial charge in [0.2, 0.25) is 5.13 Å². The third-order valence-corrected chi connectivity index (χ3v) is 8.92. The standard InChI is InChI=1S/C30H25ClFN3O4S2/c1-2-3-16-39-20-14-12-18(13-15-20)26(36)24-25(21-9-5-7-11-23(21)32)35(28(38)27(24)37)29-33-34-30(41-29)40-17-19-8-4-6-10-22(19)31/h4-15,25,36H,2-3,16-17H2,1H3/t25-/m0/s1. The fourth-order valence-electron chi connectivity index (χ4n) is 4.33. The molecule has 0 spiro atoms. The number of hydrogen-bond acceptors (Lipinski definition) is 8. The fourth-order valence-corrected chi connectivity index (χ4v) is 6.49. The summed E-state index contributed by atoms with van der Waals surface area (Å²) < 4.78 is 21.4. The number of unbranched alkanes of at least 4 members (excludes halogenated alkanes) is 1. The van der Waals surface area contributed by atoms with Crippen LogP contribution in [0, 0.1) is 5.82 Å². The molecule has 1 aromatic heterocycles. The molecule has 0 saturated carbocycles. The zero-order valence-electron chi connectivity index (χ0n) is 21.9. The first-order chi connectivity index (χ1) is 19.9.